The Bertz CT molecular complexity index is 4800. The van der Waals surface area contributed by atoms with E-state index >= 15 is 0 Å². The number of H-pyrrole nitrogens is 3. The van der Waals surface area contributed by atoms with Gasteiger partial charge in [0.05, 0.1) is 73.4 Å². The Kier molecular flexibility index (Phi) is 31.0. The Labute approximate surface area is 670 Å². The number of likely N-dealkylation sites (tertiary alicyclic amines) is 3. The van der Waals surface area contributed by atoms with Crippen LogP contribution in [0.25, 0.3) is 33.4 Å². The van der Waals surface area contributed by atoms with Crippen LogP contribution in [0.3, 0.4) is 0 Å². The molecule has 6 atom stereocenters. The summed E-state index contributed by atoms with van der Waals surface area (Å²) in [5, 5.41) is 50.4. The maximum Gasteiger partial charge on any atom is 0.310 e. The van der Waals surface area contributed by atoms with Crippen LogP contribution in [0.4, 0.5) is 13.2 Å². The molecular weight excluding hydrogens is 1530 g/mol. The van der Waals surface area contributed by atoms with Crippen molar-refractivity contribution in [2.75, 3.05) is 72.1 Å². The van der Waals surface area contributed by atoms with Crippen LogP contribution in [0.2, 0.25) is 15.1 Å². The topological polar surface area (TPSA) is 386 Å². The number of aliphatic carboxylic acids is 1. The monoisotopic (exact) mass is 1620 g/mol. The zero-order valence-corrected chi connectivity index (χ0v) is 64.9. The fourth-order valence-corrected chi connectivity index (χ4v) is 15.0. The Hall–Kier alpha value is -10.9. The van der Waals surface area contributed by atoms with E-state index < -0.39 is 23.7 Å². The minimum Gasteiger partial charge on any atom is -0.481 e. The first kappa shape index (κ1) is 85.6. The van der Waals surface area contributed by atoms with Gasteiger partial charge in [0.1, 0.15) is 34.5 Å². The van der Waals surface area contributed by atoms with Crippen LogP contribution in [0.5, 0.6) is 0 Å². The number of primary amides is 2. The summed E-state index contributed by atoms with van der Waals surface area (Å²) in [6, 6.07) is 37.5. The molecule has 9 aromatic rings. The molecule has 12 rings (SSSR count). The largest absolute Gasteiger partial charge is 0.481 e. The maximum absolute atomic E-state index is 14.3. The number of hydrogen-bond donors (Lipinski definition) is 6. The van der Waals surface area contributed by atoms with Crippen molar-refractivity contribution in [1.82, 2.24) is 60.9 Å². The number of amides is 2. The number of rotatable bonds is 37. The number of Topliss-reactive ketones (excluding diaryl/α,β-unsaturated/α-hetero) is 3. The fourth-order valence-electron chi connectivity index (χ4n) is 14.4. The zero-order valence-electron chi connectivity index (χ0n) is 62.6. The molecule has 3 saturated heterocycles. The lowest BCUT2D eigenvalue weighted by molar-refractivity contribution is -0.151. The molecule has 6 heterocycles. The molecule has 0 saturated carbocycles. The minimum atomic E-state index is -0.965. The minimum absolute atomic E-state index is 0.0229. The van der Waals surface area contributed by atoms with Gasteiger partial charge in [-0.2, -0.15) is 51.5 Å². The van der Waals surface area contributed by atoms with Gasteiger partial charge >= 0.3 is 17.9 Å². The molecular formula is C82H87Cl3F3N15O11. The second-order valence-corrected chi connectivity index (χ2v) is 30.3. The number of aromatic nitrogens is 9. The van der Waals surface area contributed by atoms with Gasteiger partial charge in [-0.05, 0) is 158 Å². The van der Waals surface area contributed by atoms with Crippen molar-refractivity contribution in [2.45, 2.75) is 71.6 Å². The Morgan fingerprint density at radius 1 is 0.482 bits per heavy atom. The van der Waals surface area contributed by atoms with Gasteiger partial charge in [-0.15, -0.1) is 0 Å². The molecule has 2 amide bonds. The number of esters is 2. The first-order valence-electron chi connectivity index (χ1n) is 37.3. The maximum atomic E-state index is 14.3. The molecule has 3 fully saturated rings. The number of benzene rings is 6. The molecule has 3 aliphatic heterocycles. The van der Waals surface area contributed by atoms with Gasteiger partial charge in [-0.25, -0.2) is 13.2 Å². The van der Waals surface area contributed by atoms with Crippen molar-refractivity contribution >= 4 is 81.9 Å². The molecule has 3 aliphatic rings. The molecule has 0 radical (unpaired) electrons. The summed E-state index contributed by atoms with van der Waals surface area (Å²) in [6.07, 6.45) is 7.06. The highest BCUT2D eigenvalue weighted by molar-refractivity contribution is 6.31. The highest BCUT2D eigenvalue weighted by atomic mass is 35.5. The molecule has 32 heteroatoms. The summed E-state index contributed by atoms with van der Waals surface area (Å²) in [7, 11) is 0. The second kappa shape index (κ2) is 41.2. The highest BCUT2D eigenvalue weighted by Crippen LogP contribution is 2.35. The SMILES string of the molecule is CCOC(=O)[C@@H](C[C@H](CC(=O)c1cn[nH]n1)Cc1ccc(-c2cc(Cl)ccc2F)cc1)CN1CC(C#N)C1.CCOC(=O)[C@@H](C[C@H](CC(=O)c1cn[nH]n1)Cc1ccc(-c2cc(Cl)ccc2F)cc1)CN1CC(C(N)=O)C1.NC(=O)C1CN(C[C@H](C[C@H](CC(=O)c2cn[nH]n2)Cc2ccc(-c3cc(Cl)ccc3F)cc2)C(=O)O)C1. The van der Waals surface area contributed by atoms with Crippen molar-refractivity contribution in [1.29, 1.82) is 5.26 Å². The second-order valence-electron chi connectivity index (χ2n) is 28.9. The van der Waals surface area contributed by atoms with Crippen LogP contribution >= 0.6 is 34.8 Å². The van der Waals surface area contributed by atoms with E-state index in [9.17, 15) is 56.6 Å². The van der Waals surface area contributed by atoms with Crippen LogP contribution in [0, 0.1) is 82.0 Å². The lowest BCUT2D eigenvalue weighted by Crippen LogP contribution is -2.54. The number of nitrogens with one attached hydrogen (secondary N) is 3. The molecule has 6 aromatic carbocycles. The van der Waals surface area contributed by atoms with Gasteiger partial charge in [-0.1, -0.05) is 108 Å². The van der Waals surface area contributed by atoms with Crippen LogP contribution in [-0.2, 0) is 52.7 Å². The first-order valence-corrected chi connectivity index (χ1v) is 38.4. The lowest BCUT2D eigenvalue weighted by Gasteiger charge is -2.39. The summed E-state index contributed by atoms with van der Waals surface area (Å²) in [5.74, 6) is -6.94. The predicted molar refractivity (Wildman–Crippen MR) is 417 cm³/mol. The Morgan fingerprint density at radius 2 is 0.781 bits per heavy atom. The van der Waals surface area contributed by atoms with Crippen molar-refractivity contribution in [3.63, 3.8) is 0 Å². The number of carbonyl (C=O) groups is 8. The van der Waals surface area contributed by atoms with Crippen LogP contribution in [-0.4, -0.2) is 185 Å². The number of halogens is 6. The zero-order chi connectivity index (χ0) is 81.5. The molecule has 598 valence electrons. The lowest BCUT2D eigenvalue weighted by atomic mass is 9.84. The number of carbonyl (C=O) groups excluding carboxylic acids is 7. The van der Waals surface area contributed by atoms with Crippen molar-refractivity contribution in [3.05, 3.63) is 212 Å². The number of ketones is 3. The van der Waals surface area contributed by atoms with Crippen molar-refractivity contribution < 1.29 is 66.1 Å². The van der Waals surface area contributed by atoms with Gasteiger partial charge in [0.25, 0.3) is 0 Å². The molecule has 3 aromatic heterocycles. The normalized spacial score (nSPS) is 15.4. The quantitative estimate of drug-likeness (QED) is 0.0156. The van der Waals surface area contributed by atoms with E-state index in [1.165, 1.54) is 55.0 Å². The summed E-state index contributed by atoms with van der Waals surface area (Å²) in [6.45, 7) is 8.26. The first-order chi connectivity index (χ1) is 54.8. The molecule has 0 spiro atoms. The summed E-state index contributed by atoms with van der Waals surface area (Å²) < 4.78 is 53.7. The third kappa shape index (κ3) is 24.6. The van der Waals surface area contributed by atoms with Gasteiger partial charge in [0, 0.05) is 110 Å². The van der Waals surface area contributed by atoms with E-state index in [4.69, 9.17) is 61.0 Å². The average Bonchev–Trinajstić information content (AvgIpc) is 0.927. The van der Waals surface area contributed by atoms with E-state index in [0.29, 0.717) is 133 Å². The van der Waals surface area contributed by atoms with Crippen molar-refractivity contribution in [2.24, 2.45) is 64.7 Å². The average molecular weight is 1620 g/mol. The molecule has 26 nitrogen and oxygen atoms in total. The summed E-state index contributed by atoms with van der Waals surface area (Å²) >= 11 is 18.1. The molecule has 0 bridgehead atoms. The van der Waals surface area contributed by atoms with Gasteiger partial charge < -0.3 is 35.8 Å². The molecule has 0 unspecified atom stereocenters. The van der Waals surface area contributed by atoms with Gasteiger partial charge in [0.15, 0.2) is 17.3 Å². The number of nitriles is 1. The number of aromatic amines is 3. The van der Waals surface area contributed by atoms with Crippen LogP contribution in [0.15, 0.2) is 146 Å². The molecule has 114 heavy (non-hydrogen) atoms. The van der Waals surface area contributed by atoms with Crippen LogP contribution < -0.4 is 11.5 Å². The summed E-state index contributed by atoms with van der Waals surface area (Å²) in [4.78, 5) is 105. The van der Waals surface area contributed by atoms with E-state index in [2.05, 4.69) is 57.2 Å². The fraction of sp³-hybridized carbons (Fsp3) is 0.378. The Morgan fingerprint density at radius 3 is 1.05 bits per heavy atom. The van der Waals surface area contributed by atoms with E-state index in [1.807, 2.05) is 70.5 Å². The number of nitrogens with zero attached hydrogens (tertiary/aromatic N) is 10. The van der Waals surface area contributed by atoms with E-state index in [1.54, 1.807) is 44.2 Å². The third-order valence-electron chi connectivity index (χ3n) is 20.4. The predicted octanol–water partition coefficient (Wildman–Crippen LogP) is 11.6. The third-order valence-corrected chi connectivity index (χ3v) is 21.1. The number of ether oxygens (including phenoxy) is 2. The van der Waals surface area contributed by atoms with Gasteiger partial charge in [-0.3, -0.25) is 43.3 Å². The highest BCUT2D eigenvalue weighted by Gasteiger charge is 2.39. The standard InChI is InChI=1S/C28H31ClFN5O4.C28H29ClFN5O3.C26H27ClFN5O4/c1-2-39-28(38)20(14-35-15-21(16-35)27(31)37)10-18(11-26(36)25-13-32-34-33-25)9-17-3-5-19(6-4-17)23-12-22(29)7-8-24(23)30;1-2-38-28(37)22(17-35-15-20(13-31)16-35)10-19(11-27(36)26-14-32-34-33-26)9-18-3-5-21(6-4-18)24-12-23(29)7-8-25(24)30;27-20-5-6-22(28)21(10-20)17-3-1-15(2-4-17)7-16(9-24(34)23-11-30-32-31-23)8-18(26(36)37)12-33-13-19(14-33)25(29)35/h3-8,12-13,18,20-21H,2,9-11,14-16H2,1H3,(H2,31,37)(H,32,33,34);3-8,12,14,19-20,22H,2,9-11,15-17H2,1H3,(H,32,33,34);1-6,10-11,16,18-19H,7-9,12-14H2,(H2,29,35)(H,36,37)(H,30,31,32)/t18-,20+;19-,22+;16-,18+/m111/s1. The molecule has 0 aliphatic carbocycles. The van der Waals surface area contributed by atoms with E-state index in [-0.39, 0.29) is 157 Å². The van der Waals surface area contributed by atoms with Gasteiger partial charge in [0.2, 0.25) is 11.8 Å². The van der Waals surface area contributed by atoms with Crippen molar-refractivity contribution in [3.8, 4) is 39.4 Å². The smallest absolute Gasteiger partial charge is 0.310 e. The van der Waals surface area contributed by atoms with Crippen LogP contribution in [0.1, 0.15) is 101 Å². The summed E-state index contributed by atoms with van der Waals surface area (Å²) in [5.41, 5.74) is 17.4. The Balaban J connectivity index is 0.000000181. The number of carboxylic acid groups (broad SMARTS) is 1. The number of nitrogens with two attached hydrogens (primary N) is 2. The number of hydrogen-bond acceptors (Lipinski definition) is 20. The molecule has 8 N–H and O–H groups in total. The van der Waals surface area contributed by atoms with E-state index in [0.717, 1.165) is 16.7 Å². The number of carboxylic acids is 1.